The van der Waals surface area contributed by atoms with Crippen molar-refractivity contribution in [2.24, 2.45) is 0 Å². The maximum Gasteiger partial charge on any atom is 0.150 e. The summed E-state index contributed by atoms with van der Waals surface area (Å²) < 4.78 is 15.9. The number of rotatable bonds is 6. The van der Waals surface area contributed by atoms with Gasteiger partial charge in [0.2, 0.25) is 0 Å². The van der Waals surface area contributed by atoms with Gasteiger partial charge in [-0.2, -0.15) is 5.10 Å². The molecule has 0 radical (unpaired) electrons. The Morgan fingerprint density at radius 2 is 2.21 bits per heavy atom. The van der Waals surface area contributed by atoms with Gasteiger partial charge in [0.25, 0.3) is 0 Å². The summed E-state index contributed by atoms with van der Waals surface area (Å²) in [6, 6.07) is 6.91. The van der Waals surface area contributed by atoms with Crippen molar-refractivity contribution >= 4 is 5.69 Å². The summed E-state index contributed by atoms with van der Waals surface area (Å²) in [5.41, 5.74) is 4.24. The standard InChI is InChI=1S/C20H22FN3/c1-15(8-9-17-6-4-3-5-7-17)22-18-10-11-20(19(21)14-18)24-13-12-16(2)23-24/h4,6-7,10-14,22H,1,3,5,8-9H2,2H3. The number of hydrogen-bond acceptors (Lipinski definition) is 2. The van der Waals surface area contributed by atoms with Gasteiger partial charge >= 0.3 is 0 Å². The van der Waals surface area contributed by atoms with Crippen LogP contribution in [0.3, 0.4) is 0 Å². The number of benzene rings is 1. The third kappa shape index (κ3) is 4.02. The molecular formula is C20H22FN3. The topological polar surface area (TPSA) is 29.9 Å². The maximum atomic E-state index is 14.3. The van der Waals surface area contributed by atoms with E-state index in [1.165, 1.54) is 11.6 Å². The fraction of sp³-hybridized carbons (Fsp3) is 0.250. The van der Waals surface area contributed by atoms with Crippen LogP contribution in [-0.2, 0) is 0 Å². The fourth-order valence-corrected chi connectivity index (χ4v) is 2.73. The van der Waals surface area contributed by atoms with Crippen LogP contribution in [0.25, 0.3) is 5.69 Å². The Labute approximate surface area is 142 Å². The van der Waals surface area contributed by atoms with Gasteiger partial charge in [0.1, 0.15) is 5.69 Å². The van der Waals surface area contributed by atoms with Gasteiger partial charge in [-0.05, 0) is 56.9 Å². The largest absolute Gasteiger partial charge is 0.359 e. The van der Waals surface area contributed by atoms with Crippen LogP contribution >= 0.6 is 0 Å². The molecule has 124 valence electrons. The van der Waals surface area contributed by atoms with Crippen LogP contribution in [-0.4, -0.2) is 9.78 Å². The van der Waals surface area contributed by atoms with Crippen molar-refractivity contribution in [3.63, 3.8) is 0 Å². The first-order chi connectivity index (χ1) is 11.6. The second kappa shape index (κ2) is 7.30. The van der Waals surface area contributed by atoms with E-state index in [0.717, 1.165) is 37.1 Å². The zero-order chi connectivity index (χ0) is 16.9. The number of halogens is 1. The molecule has 2 aromatic rings. The Bertz CT molecular complexity index is 799. The molecule has 3 nitrogen and oxygen atoms in total. The molecule has 0 saturated carbocycles. The van der Waals surface area contributed by atoms with E-state index in [0.29, 0.717) is 11.4 Å². The number of aryl methyl sites for hydroxylation is 1. The Hall–Kier alpha value is -2.62. The lowest BCUT2D eigenvalue weighted by Gasteiger charge is -2.12. The minimum Gasteiger partial charge on any atom is -0.359 e. The van der Waals surface area contributed by atoms with Gasteiger partial charge in [0.05, 0.1) is 5.69 Å². The SMILES string of the molecule is C=C(CCC1=CCCC=C1)Nc1ccc(-n2ccc(C)n2)c(F)c1. The molecule has 0 spiro atoms. The van der Waals surface area contributed by atoms with Crippen LogP contribution < -0.4 is 5.32 Å². The van der Waals surface area contributed by atoms with Crippen molar-refractivity contribution in [2.75, 3.05) is 5.32 Å². The molecule has 0 aliphatic heterocycles. The van der Waals surface area contributed by atoms with Crippen LogP contribution in [0.4, 0.5) is 10.1 Å². The lowest BCUT2D eigenvalue weighted by molar-refractivity contribution is 0.611. The van der Waals surface area contributed by atoms with Crippen molar-refractivity contribution < 1.29 is 4.39 Å². The first kappa shape index (κ1) is 16.2. The molecule has 1 aromatic heterocycles. The number of hydrogen-bond donors (Lipinski definition) is 1. The highest BCUT2D eigenvalue weighted by molar-refractivity contribution is 5.52. The molecule has 24 heavy (non-hydrogen) atoms. The second-order valence-electron chi connectivity index (χ2n) is 6.06. The summed E-state index contributed by atoms with van der Waals surface area (Å²) in [7, 11) is 0. The van der Waals surface area contributed by atoms with E-state index in [4.69, 9.17) is 0 Å². The number of aromatic nitrogens is 2. The molecule has 0 bridgehead atoms. The Morgan fingerprint density at radius 3 is 2.88 bits per heavy atom. The summed E-state index contributed by atoms with van der Waals surface area (Å²) in [6.07, 6.45) is 12.4. The number of nitrogens with zero attached hydrogens (tertiary/aromatic N) is 2. The smallest absolute Gasteiger partial charge is 0.150 e. The Morgan fingerprint density at radius 1 is 1.33 bits per heavy atom. The summed E-state index contributed by atoms with van der Waals surface area (Å²) in [5.74, 6) is -0.311. The highest BCUT2D eigenvalue weighted by Crippen LogP contribution is 2.21. The van der Waals surface area contributed by atoms with Crippen molar-refractivity contribution in [2.45, 2.75) is 32.6 Å². The predicted octanol–water partition coefficient (Wildman–Crippen LogP) is 5.30. The number of anilines is 1. The highest BCUT2D eigenvalue weighted by Gasteiger charge is 2.08. The third-order valence-corrected chi connectivity index (χ3v) is 4.03. The van der Waals surface area contributed by atoms with E-state index in [2.05, 4.69) is 35.2 Å². The van der Waals surface area contributed by atoms with Crippen LogP contribution in [0.15, 0.2) is 66.5 Å². The zero-order valence-electron chi connectivity index (χ0n) is 13.9. The van der Waals surface area contributed by atoms with Crippen molar-refractivity contribution in [1.82, 2.24) is 9.78 Å². The number of allylic oxidation sites excluding steroid dienone is 5. The normalized spacial score (nSPS) is 13.7. The van der Waals surface area contributed by atoms with E-state index in [-0.39, 0.29) is 5.82 Å². The molecular weight excluding hydrogens is 301 g/mol. The van der Waals surface area contributed by atoms with Gasteiger partial charge in [-0.25, -0.2) is 9.07 Å². The van der Waals surface area contributed by atoms with Crippen molar-refractivity contribution in [3.8, 4) is 5.69 Å². The van der Waals surface area contributed by atoms with Gasteiger partial charge in [0.15, 0.2) is 5.82 Å². The lowest BCUT2D eigenvalue weighted by Crippen LogP contribution is -2.02. The molecule has 4 heteroatoms. The molecule has 3 rings (SSSR count). The van der Waals surface area contributed by atoms with Crippen LogP contribution in [0, 0.1) is 12.7 Å². The lowest BCUT2D eigenvalue weighted by atomic mass is 10.0. The van der Waals surface area contributed by atoms with Crippen molar-refractivity contribution in [3.05, 3.63) is 78.1 Å². The molecule has 1 N–H and O–H groups in total. The molecule has 1 aliphatic carbocycles. The molecule has 0 saturated heterocycles. The summed E-state index contributed by atoms with van der Waals surface area (Å²) >= 11 is 0. The molecule has 0 amide bonds. The first-order valence-corrected chi connectivity index (χ1v) is 8.24. The minimum absolute atomic E-state index is 0.311. The molecule has 1 aliphatic rings. The van der Waals surface area contributed by atoms with E-state index < -0.39 is 0 Å². The van der Waals surface area contributed by atoms with Gasteiger partial charge < -0.3 is 5.32 Å². The maximum absolute atomic E-state index is 14.3. The number of nitrogens with one attached hydrogen (secondary N) is 1. The fourth-order valence-electron chi connectivity index (χ4n) is 2.73. The predicted molar refractivity (Wildman–Crippen MR) is 96.7 cm³/mol. The van der Waals surface area contributed by atoms with Gasteiger partial charge in [-0.15, -0.1) is 0 Å². The van der Waals surface area contributed by atoms with E-state index in [1.807, 2.05) is 19.1 Å². The molecule has 0 atom stereocenters. The summed E-state index contributed by atoms with van der Waals surface area (Å²) in [6.45, 7) is 5.93. The van der Waals surface area contributed by atoms with Gasteiger partial charge in [-0.3, -0.25) is 0 Å². The minimum atomic E-state index is -0.311. The van der Waals surface area contributed by atoms with Crippen LogP contribution in [0.2, 0.25) is 0 Å². The molecule has 0 fully saturated rings. The van der Waals surface area contributed by atoms with Crippen LogP contribution in [0.5, 0.6) is 0 Å². The Kier molecular flexibility index (Phi) is 4.94. The zero-order valence-corrected chi connectivity index (χ0v) is 13.9. The molecule has 0 unspecified atom stereocenters. The summed E-state index contributed by atoms with van der Waals surface area (Å²) in [5, 5.41) is 7.43. The average Bonchev–Trinajstić information content (AvgIpc) is 3.00. The van der Waals surface area contributed by atoms with E-state index in [9.17, 15) is 4.39 Å². The molecule has 1 heterocycles. The van der Waals surface area contributed by atoms with E-state index in [1.54, 1.807) is 16.9 Å². The third-order valence-electron chi connectivity index (χ3n) is 4.03. The quantitative estimate of drug-likeness (QED) is 0.781. The van der Waals surface area contributed by atoms with Crippen molar-refractivity contribution in [1.29, 1.82) is 0 Å². The molecule has 1 aromatic carbocycles. The second-order valence-corrected chi connectivity index (χ2v) is 6.06. The van der Waals surface area contributed by atoms with Gasteiger partial charge in [-0.1, -0.05) is 30.4 Å². The highest BCUT2D eigenvalue weighted by atomic mass is 19.1. The van der Waals surface area contributed by atoms with E-state index >= 15 is 0 Å². The summed E-state index contributed by atoms with van der Waals surface area (Å²) in [4.78, 5) is 0. The first-order valence-electron chi connectivity index (χ1n) is 8.24. The Balaban J connectivity index is 1.61. The monoisotopic (exact) mass is 323 g/mol. The van der Waals surface area contributed by atoms with Gasteiger partial charge in [0, 0.05) is 17.6 Å². The van der Waals surface area contributed by atoms with Crippen LogP contribution in [0.1, 0.15) is 31.4 Å². The average molecular weight is 323 g/mol.